The number of aliphatic hydroxyl groups is 1. The fourth-order valence-corrected chi connectivity index (χ4v) is 4.94. The van der Waals surface area contributed by atoms with Crippen molar-refractivity contribution >= 4 is 27.2 Å². The van der Waals surface area contributed by atoms with Gasteiger partial charge in [-0.25, -0.2) is 8.42 Å². The fraction of sp³-hybridized carbons (Fsp3) is 0.500. The molecule has 2 rings (SSSR count). The van der Waals surface area contributed by atoms with Crippen LogP contribution in [0, 0.1) is 0 Å². The summed E-state index contributed by atoms with van der Waals surface area (Å²) < 4.78 is 27.3. The molecule has 0 aromatic heterocycles. The first kappa shape index (κ1) is 16.4. The lowest BCUT2D eigenvalue weighted by molar-refractivity contribution is 0.226. The van der Waals surface area contributed by atoms with E-state index >= 15 is 0 Å². The molecule has 0 heterocycles. The van der Waals surface area contributed by atoms with Crippen LogP contribution in [0.2, 0.25) is 0 Å². The maximum absolute atomic E-state index is 12.9. The largest absolute Gasteiger partial charge is 0.395 e. The Labute approximate surface area is 130 Å². The lowest BCUT2D eigenvalue weighted by Crippen LogP contribution is -2.41. The van der Waals surface area contributed by atoms with Crippen LogP contribution >= 0.6 is 12.2 Å². The van der Waals surface area contributed by atoms with E-state index in [0.717, 1.165) is 25.7 Å². The summed E-state index contributed by atoms with van der Waals surface area (Å²) in [6.07, 6.45) is 3.68. The first-order chi connectivity index (χ1) is 9.98. The minimum Gasteiger partial charge on any atom is -0.395 e. The zero-order chi connectivity index (χ0) is 15.5. The number of benzene rings is 1. The molecule has 0 amide bonds. The summed E-state index contributed by atoms with van der Waals surface area (Å²) in [6.45, 7) is -0.108. The molecule has 21 heavy (non-hydrogen) atoms. The Kier molecular flexibility index (Phi) is 5.32. The van der Waals surface area contributed by atoms with E-state index in [-0.39, 0.29) is 29.1 Å². The van der Waals surface area contributed by atoms with Gasteiger partial charge < -0.3 is 10.8 Å². The molecule has 1 aromatic rings. The van der Waals surface area contributed by atoms with Crippen molar-refractivity contribution in [3.8, 4) is 0 Å². The van der Waals surface area contributed by atoms with Crippen LogP contribution in [-0.2, 0) is 10.0 Å². The Morgan fingerprint density at radius 2 is 1.95 bits per heavy atom. The normalized spacial score (nSPS) is 16.5. The molecule has 7 heteroatoms. The van der Waals surface area contributed by atoms with Crippen LogP contribution in [0.4, 0.5) is 0 Å². The van der Waals surface area contributed by atoms with Crippen LogP contribution in [0.25, 0.3) is 0 Å². The summed E-state index contributed by atoms with van der Waals surface area (Å²) in [6, 6.07) is 6.44. The van der Waals surface area contributed by atoms with E-state index in [2.05, 4.69) is 0 Å². The topological polar surface area (TPSA) is 83.6 Å². The van der Waals surface area contributed by atoms with Crippen molar-refractivity contribution in [1.29, 1.82) is 0 Å². The Morgan fingerprint density at radius 1 is 1.33 bits per heavy atom. The number of nitrogens with zero attached hydrogens (tertiary/aromatic N) is 1. The van der Waals surface area contributed by atoms with Crippen LogP contribution < -0.4 is 5.73 Å². The number of thiocarbonyl (C=S) groups is 1. The van der Waals surface area contributed by atoms with Crippen molar-refractivity contribution in [3.63, 3.8) is 0 Å². The lowest BCUT2D eigenvalue weighted by Gasteiger charge is -2.28. The number of rotatable bonds is 6. The summed E-state index contributed by atoms with van der Waals surface area (Å²) in [5, 5.41) is 9.23. The van der Waals surface area contributed by atoms with Gasteiger partial charge in [-0.05, 0) is 18.9 Å². The third kappa shape index (κ3) is 3.42. The van der Waals surface area contributed by atoms with Crippen LogP contribution in [0.3, 0.4) is 0 Å². The summed E-state index contributed by atoms with van der Waals surface area (Å²) in [7, 11) is -3.72. The standard InChI is InChI=1S/C14H20N2O3S2/c15-14(20)12-7-3-4-8-13(12)21(18,19)16(9-10-17)11-5-1-2-6-11/h3-4,7-8,11,17H,1-2,5-6,9-10H2,(H2,15,20). The predicted octanol–water partition coefficient (Wildman–Crippen LogP) is 1.25. The third-order valence-electron chi connectivity index (χ3n) is 3.79. The van der Waals surface area contributed by atoms with Crippen molar-refractivity contribution < 1.29 is 13.5 Å². The number of hydrogen-bond donors (Lipinski definition) is 2. The van der Waals surface area contributed by atoms with E-state index in [0.29, 0.717) is 5.56 Å². The average Bonchev–Trinajstić information content (AvgIpc) is 2.98. The summed E-state index contributed by atoms with van der Waals surface area (Å²) in [4.78, 5) is 0.183. The second kappa shape index (κ2) is 6.83. The molecule has 5 nitrogen and oxygen atoms in total. The second-order valence-electron chi connectivity index (χ2n) is 5.14. The Morgan fingerprint density at radius 3 is 2.52 bits per heavy atom. The van der Waals surface area contributed by atoms with E-state index in [1.54, 1.807) is 18.2 Å². The zero-order valence-corrected chi connectivity index (χ0v) is 13.4. The molecule has 1 fully saturated rings. The highest BCUT2D eigenvalue weighted by molar-refractivity contribution is 7.89. The highest BCUT2D eigenvalue weighted by Gasteiger charge is 2.34. The molecule has 0 spiro atoms. The Hall–Kier alpha value is -1.02. The van der Waals surface area contributed by atoms with E-state index in [1.807, 2.05) is 0 Å². The van der Waals surface area contributed by atoms with Crippen molar-refractivity contribution in [2.75, 3.05) is 13.2 Å². The van der Waals surface area contributed by atoms with Gasteiger partial charge in [0.25, 0.3) is 0 Å². The molecule has 1 aliphatic carbocycles. The summed E-state index contributed by atoms with van der Waals surface area (Å²) >= 11 is 4.95. The zero-order valence-electron chi connectivity index (χ0n) is 11.7. The number of sulfonamides is 1. The molecule has 0 saturated heterocycles. The molecule has 0 radical (unpaired) electrons. The van der Waals surface area contributed by atoms with E-state index < -0.39 is 10.0 Å². The van der Waals surface area contributed by atoms with E-state index in [9.17, 15) is 13.5 Å². The first-order valence-corrected chi connectivity index (χ1v) is 8.85. The van der Waals surface area contributed by atoms with Gasteiger partial charge in [-0.1, -0.05) is 43.3 Å². The van der Waals surface area contributed by atoms with Crippen molar-refractivity contribution in [2.45, 2.75) is 36.6 Å². The smallest absolute Gasteiger partial charge is 0.244 e. The SMILES string of the molecule is NC(=S)c1ccccc1S(=O)(=O)N(CCO)C1CCCC1. The number of nitrogens with two attached hydrogens (primary N) is 1. The maximum Gasteiger partial charge on any atom is 0.244 e. The van der Waals surface area contributed by atoms with Gasteiger partial charge in [-0.15, -0.1) is 0 Å². The van der Waals surface area contributed by atoms with Crippen molar-refractivity contribution in [1.82, 2.24) is 4.31 Å². The second-order valence-corrected chi connectivity index (χ2v) is 7.44. The molecule has 0 bridgehead atoms. The monoisotopic (exact) mass is 328 g/mol. The fourth-order valence-electron chi connectivity index (χ4n) is 2.81. The van der Waals surface area contributed by atoms with E-state index in [4.69, 9.17) is 18.0 Å². The Bertz CT molecular complexity index is 610. The molecule has 1 aliphatic rings. The molecule has 0 unspecified atom stereocenters. The molecule has 1 saturated carbocycles. The van der Waals surface area contributed by atoms with Crippen molar-refractivity contribution in [2.24, 2.45) is 5.73 Å². The van der Waals surface area contributed by atoms with Crippen LogP contribution in [0.5, 0.6) is 0 Å². The van der Waals surface area contributed by atoms with E-state index in [1.165, 1.54) is 10.4 Å². The van der Waals surface area contributed by atoms with Gasteiger partial charge in [-0.3, -0.25) is 0 Å². The molecule has 116 valence electrons. The average molecular weight is 328 g/mol. The molecular weight excluding hydrogens is 308 g/mol. The molecule has 0 aliphatic heterocycles. The molecule has 3 N–H and O–H groups in total. The van der Waals surface area contributed by atoms with Gasteiger partial charge in [0.15, 0.2) is 0 Å². The quantitative estimate of drug-likeness (QED) is 0.768. The third-order valence-corrected chi connectivity index (χ3v) is 6.02. The number of hydrogen-bond acceptors (Lipinski definition) is 4. The minimum absolute atomic E-state index is 0.0541. The minimum atomic E-state index is -3.72. The van der Waals surface area contributed by atoms with Gasteiger partial charge in [0.2, 0.25) is 10.0 Å². The molecule has 0 atom stereocenters. The van der Waals surface area contributed by atoms with Crippen molar-refractivity contribution in [3.05, 3.63) is 29.8 Å². The number of aliphatic hydroxyl groups excluding tert-OH is 1. The lowest BCUT2D eigenvalue weighted by atomic mass is 10.2. The van der Waals surface area contributed by atoms with Crippen LogP contribution in [0.1, 0.15) is 31.2 Å². The summed E-state index contributed by atoms with van der Waals surface area (Å²) in [5.74, 6) is 0. The van der Waals surface area contributed by atoms with Gasteiger partial charge in [0.1, 0.15) is 4.99 Å². The first-order valence-electron chi connectivity index (χ1n) is 7.00. The van der Waals surface area contributed by atoms with Gasteiger partial charge in [0, 0.05) is 18.2 Å². The highest BCUT2D eigenvalue weighted by atomic mass is 32.2. The Balaban J connectivity index is 2.45. The maximum atomic E-state index is 12.9. The highest BCUT2D eigenvalue weighted by Crippen LogP contribution is 2.29. The van der Waals surface area contributed by atoms with Gasteiger partial charge >= 0.3 is 0 Å². The molecule has 1 aromatic carbocycles. The van der Waals surface area contributed by atoms with Gasteiger partial charge in [-0.2, -0.15) is 4.31 Å². The van der Waals surface area contributed by atoms with Crippen LogP contribution in [0.15, 0.2) is 29.2 Å². The van der Waals surface area contributed by atoms with Gasteiger partial charge in [0.05, 0.1) is 11.5 Å². The summed E-state index contributed by atoms with van der Waals surface area (Å²) in [5.41, 5.74) is 5.99. The van der Waals surface area contributed by atoms with Crippen LogP contribution in [-0.4, -0.2) is 42.0 Å². The molecular formula is C14H20N2O3S2. The predicted molar refractivity (Wildman–Crippen MR) is 85.6 cm³/mol.